The van der Waals surface area contributed by atoms with E-state index in [4.69, 9.17) is 0 Å². The highest BCUT2D eigenvalue weighted by atomic mass is 32.2. The molecule has 0 aliphatic carbocycles. The van der Waals surface area contributed by atoms with E-state index >= 15 is 0 Å². The van der Waals surface area contributed by atoms with E-state index in [1.54, 1.807) is 0 Å². The van der Waals surface area contributed by atoms with Crippen molar-refractivity contribution in [2.24, 2.45) is 5.14 Å². The summed E-state index contributed by atoms with van der Waals surface area (Å²) >= 11 is 0. The molecule has 0 fully saturated rings. The Balaban J connectivity index is 0. The van der Waals surface area contributed by atoms with Crippen molar-refractivity contribution in [1.29, 1.82) is 0 Å². The first-order valence-electron chi connectivity index (χ1n) is 2.13. The molecule has 0 unspecified atom stereocenters. The van der Waals surface area contributed by atoms with Crippen LogP contribution in [0, 0.1) is 0 Å². The summed E-state index contributed by atoms with van der Waals surface area (Å²) < 4.78 is 38.1. The first-order valence-corrected chi connectivity index (χ1v) is 6.38. The van der Waals surface area contributed by atoms with Crippen LogP contribution >= 0.6 is 0 Å². The Morgan fingerprint density at radius 1 is 0.900 bits per heavy atom. The van der Waals surface area contributed by atoms with Gasteiger partial charge in [0.25, 0.3) is 0 Å². The Kier molecular flexibility index (Phi) is 4.88. The van der Waals surface area contributed by atoms with Gasteiger partial charge >= 0.3 is 0 Å². The summed E-state index contributed by atoms with van der Waals surface area (Å²) in [6.07, 6.45) is 3.26. The summed E-state index contributed by atoms with van der Waals surface area (Å²) in [6.45, 7) is 0. The van der Waals surface area contributed by atoms with E-state index in [-0.39, 0.29) is 0 Å². The lowest BCUT2D eigenvalue weighted by Gasteiger charge is -1.71. The smallest absolute Gasteiger partial charge is 0.206 e. The molecule has 0 heterocycles. The van der Waals surface area contributed by atoms with E-state index in [0.717, 1.165) is 18.8 Å². The molecule has 0 radical (unpaired) electrons. The van der Waals surface area contributed by atoms with Gasteiger partial charge in [-0.2, -0.15) is 0 Å². The maximum atomic E-state index is 9.63. The summed E-state index contributed by atoms with van der Waals surface area (Å²) in [7, 11) is -5.83. The molecule has 0 atom stereocenters. The second-order valence-corrected chi connectivity index (χ2v) is 5.92. The second kappa shape index (κ2) is 3.89. The largest absolute Gasteiger partial charge is 0.229 e. The highest BCUT2D eigenvalue weighted by molar-refractivity contribution is 7.90. The number of rotatable bonds is 0. The van der Waals surface area contributed by atoms with Crippen LogP contribution in [-0.2, 0) is 19.9 Å². The lowest BCUT2D eigenvalue weighted by atomic mass is 11.9. The Labute approximate surface area is 61.2 Å². The molecule has 0 rings (SSSR count). The van der Waals surface area contributed by atoms with Crippen molar-refractivity contribution < 1.29 is 16.8 Å². The van der Waals surface area contributed by atoms with Gasteiger partial charge in [0.1, 0.15) is 9.84 Å². The van der Waals surface area contributed by atoms with Gasteiger partial charge in [0.05, 0.1) is 6.26 Å². The number of hydrogen-bond donors (Lipinski definition) is 1. The zero-order valence-corrected chi connectivity index (χ0v) is 7.66. The molecule has 7 heteroatoms. The van der Waals surface area contributed by atoms with Crippen molar-refractivity contribution in [2.45, 2.75) is 0 Å². The molecular weight excluding hydrogens is 178 g/mol. The summed E-state index contributed by atoms with van der Waals surface area (Å²) in [6, 6.07) is 0. The summed E-state index contributed by atoms with van der Waals surface area (Å²) in [5.41, 5.74) is 0. The molecule has 0 saturated carbocycles. The molecule has 0 amide bonds. The number of hydrogen-bond acceptors (Lipinski definition) is 4. The van der Waals surface area contributed by atoms with Gasteiger partial charge in [0.15, 0.2) is 0 Å². The van der Waals surface area contributed by atoms with Crippen LogP contribution in [0.1, 0.15) is 0 Å². The van der Waals surface area contributed by atoms with E-state index in [9.17, 15) is 16.8 Å². The van der Waals surface area contributed by atoms with E-state index in [2.05, 4.69) is 5.14 Å². The number of sulfonamides is 1. The lowest BCUT2D eigenvalue weighted by Crippen LogP contribution is -2.07. The van der Waals surface area contributed by atoms with Crippen molar-refractivity contribution in [3.63, 3.8) is 0 Å². The molecule has 0 saturated heterocycles. The van der Waals surface area contributed by atoms with Gasteiger partial charge in [-0.25, -0.2) is 22.0 Å². The molecule has 0 bridgehead atoms. The molecule has 0 spiro atoms. The van der Waals surface area contributed by atoms with Crippen molar-refractivity contribution >= 4 is 19.9 Å². The molecular formula is C3H11NO4S2. The van der Waals surface area contributed by atoms with Gasteiger partial charge in [-0.15, -0.1) is 0 Å². The zero-order chi connectivity index (χ0) is 9.00. The van der Waals surface area contributed by atoms with E-state index < -0.39 is 19.9 Å². The molecule has 0 aromatic rings. The van der Waals surface area contributed by atoms with Crippen molar-refractivity contribution in [3.8, 4) is 0 Å². The Morgan fingerprint density at radius 2 is 0.900 bits per heavy atom. The highest BCUT2D eigenvalue weighted by Gasteiger charge is 1.79. The van der Waals surface area contributed by atoms with Gasteiger partial charge in [0, 0.05) is 12.5 Å². The minimum absolute atomic E-state index is 0.938. The van der Waals surface area contributed by atoms with Crippen LogP contribution in [0.25, 0.3) is 0 Å². The fraction of sp³-hybridized carbons (Fsp3) is 1.00. The van der Waals surface area contributed by atoms with Crippen LogP contribution in [0.5, 0.6) is 0 Å². The van der Waals surface area contributed by atoms with Crippen LogP contribution in [0.2, 0.25) is 0 Å². The summed E-state index contributed by atoms with van der Waals surface area (Å²) in [5, 5.41) is 4.33. The average Bonchev–Trinajstić information content (AvgIpc) is 1.12. The SMILES string of the molecule is CS(C)(=O)=O.CS(N)(=O)=O. The topological polar surface area (TPSA) is 94.3 Å². The minimum Gasteiger partial charge on any atom is -0.229 e. The van der Waals surface area contributed by atoms with Gasteiger partial charge in [0.2, 0.25) is 10.0 Å². The summed E-state index contributed by atoms with van der Waals surface area (Å²) in [4.78, 5) is 0. The normalized spacial score (nSPS) is 11.6. The molecule has 2 N–H and O–H groups in total. The van der Waals surface area contributed by atoms with Crippen molar-refractivity contribution in [1.82, 2.24) is 0 Å². The van der Waals surface area contributed by atoms with E-state index in [1.165, 1.54) is 0 Å². The maximum absolute atomic E-state index is 9.63. The number of sulfone groups is 1. The van der Waals surface area contributed by atoms with Gasteiger partial charge in [-0.05, 0) is 0 Å². The summed E-state index contributed by atoms with van der Waals surface area (Å²) in [5.74, 6) is 0. The molecule has 10 heavy (non-hydrogen) atoms. The second-order valence-electron chi connectivity index (χ2n) is 1.97. The first kappa shape index (κ1) is 12.5. The Hall–Kier alpha value is -0.140. The van der Waals surface area contributed by atoms with E-state index in [0.29, 0.717) is 0 Å². The predicted molar refractivity (Wildman–Crippen MR) is 39.8 cm³/mol. The third-order valence-corrected chi connectivity index (χ3v) is 0. The van der Waals surface area contributed by atoms with Crippen LogP contribution in [0.3, 0.4) is 0 Å². The van der Waals surface area contributed by atoms with Crippen LogP contribution in [-0.4, -0.2) is 35.6 Å². The number of primary sulfonamides is 1. The third kappa shape index (κ3) is 18900. The fourth-order valence-electron chi connectivity index (χ4n) is 0. The molecule has 64 valence electrons. The monoisotopic (exact) mass is 189 g/mol. The standard InChI is InChI=1S/C2H6O2S.CH5NO2S/c2*1-5(2,3)4/h1-2H3;1H3,(H2,2,3,4). The van der Waals surface area contributed by atoms with E-state index in [1.807, 2.05) is 0 Å². The number of nitrogens with two attached hydrogens (primary N) is 1. The first-order chi connectivity index (χ1) is 4.00. The van der Waals surface area contributed by atoms with Crippen molar-refractivity contribution in [3.05, 3.63) is 0 Å². The quantitative estimate of drug-likeness (QED) is 0.505. The lowest BCUT2D eigenvalue weighted by molar-refractivity contribution is 0.603. The minimum atomic E-state index is -3.17. The molecule has 0 aromatic carbocycles. The van der Waals surface area contributed by atoms with Crippen LogP contribution in [0.4, 0.5) is 0 Å². The zero-order valence-electron chi connectivity index (χ0n) is 6.03. The molecule has 0 aliphatic heterocycles. The third-order valence-electron chi connectivity index (χ3n) is 0. The van der Waals surface area contributed by atoms with Gasteiger partial charge in [-0.1, -0.05) is 0 Å². The molecule has 5 nitrogen and oxygen atoms in total. The molecule has 0 aliphatic rings. The van der Waals surface area contributed by atoms with Crippen molar-refractivity contribution in [2.75, 3.05) is 18.8 Å². The fourth-order valence-corrected chi connectivity index (χ4v) is 0. The Morgan fingerprint density at radius 3 is 0.900 bits per heavy atom. The van der Waals surface area contributed by atoms with Crippen LogP contribution in [0.15, 0.2) is 0 Å². The van der Waals surface area contributed by atoms with Crippen LogP contribution < -0.4 is 5.14 Å². The predicted octanol–water partition coefficient (Wildman–Crippen LogP) is -1.43. The molecule has 0 aromatic heterocycles. The Bertz CT molecular complexity index is 215. The van der Waals surface area contributed by atoms with Gasteiger partial charge < -0.3 is 0 Å². The highest BCUT2D eigenvalue weighted by Crippen LogP contribution is 1.61. The average molecular weight is 189 g/mol. The maximum Gasteiger partial charge on any atom is 0.206 e. The van der Waals surface area contributed by atoms with Gasteiger partial charge in [-0.3, -0.25) is 0 Å².